The maximum absolute atomic E-state index is 13.3. The number of anilines is 1. The van der Waals surface area contributed by atoms with Crippen LogP contribution in [0.3, 0.4) is 0 Å². The number of rotatable bonds is 10. The molecular formula is C28H30ClN3O3. The lowest BCUT2D eigenvalue weighted by atomic mass is 10.1. The zero-order valence-electron chi connectivity index (χ0n) is 20.1. The van der Waals surface area contributed by atoms with Crippen LogP contribution in [0, 0.1) is 0 Å². The Kier molecular flexibility index (Phi) is 7.71. The van der Waals surface area contributed by atoms with Crippen LogP contribution in [0.4, 0.5) is 5.69 Å². The van der Waals surface area contributed by atoms with Gasteiger partial charge in [-0.05, 0) is 48.9 Å². The van der Waals surface area contributed by atoms with Crippen LogP contribution >= 0.6 is 11.6 Å². The maximum atomic E-state index is 13.3. The number of hydrogen-bond donors (Lipinski definition) is 1. The lowest BCUT2D eigenvalue weighted by Gasteiger charge is -2.29. The van der Waals surface area contributed by atoms with Crippen LogP contribution in [0.25, 0.3) is 10.8 Å². The Hall–Kier alpha value is -3.38. The summed E-state index contributed by atoms with van der Waals surface area (Å²) in [7, 11) is 0. The Labute approximate surface area is 210 Å². The van der Waals surface area contributed by atoms with Crippen LogP contribution in [0.5, 0.6) is 0 Å². The fourth-order valence-electron chi connectivity index (χ4n) is 4.52. The summed E-state index contributed by atoms with van der Waals surface area (Å²) in [5, 5.41) is 5.43. The maximum Gasteiger partial charge on any atom is 0.258 e. The third kappa shape index (κ3) is 5.17. The van der Waals surface area contributed by atoms with Gasteiger partial charge in [0.25, 0.3) is 5.91 Å². The monoisotopic (exact) mass is 491 g/mol. The first kappa shape index (κ1) is 24.7. The van der Waals surface area contributed by atoms with Crippen molar-refractivity contribution in [1.29, 1.82) is 0 Å². The van der Waals surface area contributed by atoms with Crippen LogP contribution < -0.4 is 10.2 Å². The molecule has 1 unspecified atom stereocenters. The molecule has 0 bridgehead atoms. The molecule has 1 heterocycles. The van der Waals surface area contributed by atoms with Crippen molar-refractivity contribution >= 4 is 45.8 Å². The van der Waals surface area contributed by atoms with Gasteiger partial charge in [0.15, 0.2) is 0 Å². The van der Waals surface area contributed by atoms with E-state index in [1.807, 2.05) is 61.5 Å². The molecular weight excluding hydrogens is 462 g/mol. The van der Waals surface area contributed by atoms with Gasteiger partial charge in [-0.15, -0.1) is 0 Å². The van der Waals surface area contributed by atoms with Crippen LogP contribution in [0.2, 0.25) is 5.02 Å². The van der Waals surface area contributed by atoms with Gasteiger partial charge in [0.05, 0.1) is 5.69 Å². The van der Waals surface area contributed by atoms with Gasteiger partial charge in [-0.3, -0.25) is 14.4 Å². The second-order valence-corrected chi connectivity index (χ2v) is 9.23. The number of carbonyl (C=O) groups excluding carboxylic acids is 3. The third-order valence-electron chi connectivity index (χ3n) is 6.44. The van der Waals surface area contributed by atoms with E-state index in [4.69, 9.17) is 11.6 Å². The predicted molar refractivity (Wildman–Crippen MR) is 140 cm³/mol. The molecule has 1 N–H and O–H groups in total. The topological polar surface area (TPSA) is 69.7 Å². The Balaban J connectivity index is 1.46. The van der Waals surface area contributed by atoms with Gasteiger partial charge in [0.2, 0.25) is 11.8 Å². The van der Waals surface area contributed by atoms with Gasteiger partial charge in [-0.1, -0.05) is 61.0 Å². The highest BCUT2D eigenvalue weighted by molar-refractivity contribution is 6.31. The van der Waals surface area contributed by atoms with Crippen molar-refractivity contribution in [3.63, 3.8) is 0 Å². The minimum Gasteiger partial charge on any atom is -0.354 e. The normalized spacial score (nSPS) is 13.2. The molecule has 4 rings (SSSR count). The van der Waals surface area contributed by atoms with E-state index in [1.165, 1.54) is 0 Å². The van der Waals surface area contributed by atoms with E-state index in [0.29, 0.717) is 30.1 Å². The summed E-state index contributed by atoms with van der Waals surface area (Å²) in [6.07, 6.45) is 1.51. The average Bonchev–Trinajstić information content (AvgIpc) is 3.14. The van der Waals surface area contributed by atoms with E-state index in [0.717, 1.165) is 28.4 Å². The van der Waals surface area contributed by atoms with Crippen molar-refractivity contribution in [1.82, 2.24) is 10.2 Å². The molecule has 0 saturated carbocycles. The molecule has 0 radical (unpaired) electrons. The van der Waals surface area contributed by atoms with Gasteiger partial charge >= 0.3 is 0 Å². The number of benzene rings is 3. The first-order valence-electron chi connectivity index (χ1n) is 12.1. The zero-order chi connectivity index (χ0) is 24.9. The average molecular weight is 492 g/mol. The van der Waals surface area contributed by atoms with Crippen LogP contribution in [-0.4, -0.2) is 41.8 Å². The van der Waals surface area contributed by atoms with Crippen molar-refractivity contribution in [3.8, 4) is 0 Å². The summed E-state index contributed by atoms with van der Waals surface area (Å²) < 4.78 is 0. The predicted octanol–water partition coefficient (Wildman–Crippen LogP) is 5.18. The third-order valence-corrected chi connectivity index (χ3v) is 6.81. The van der Waals surface area contributed by atoms with E-state index in [9.17, 15) is 14.4 Å². The summed E-state index contributed by atoms with van der Waals surface area (Å²) in [6.45, 7) is 4.94. The molecule has 1 aliphatic heterocycles. The lowest BCUT2D eigenvalue weighted by molar-refractivity contribution is -0.140. The van der Waals surface area contributed by atoms with Crippen molar-refractivity contribution in [2.45, 2.75) is 45.7 Å². The van der Waals surface area contributed by atoms with Gasteiger partial charge in [0.1, 0.15) is 6.04 Å². The molecule has 0 fully saturated rings. The zero-order valence-corrected chi connectivity index (χ0v) is 20.8. The minimum absolute atomic E-state index is 0.0375. The number of amides is 3. The molecule has 3 amide bonds. The summed E-state index contributed by atoms with van der Waals surface area (Å²) >= 11 is 6.35. The minimum atomic E-state index is -0.642. The molecule has 6 nitrogen and oxygen atoms in total. The lowest BCUT2D eigenvalue weighted by Crippen LogP contribution is -2.47. The van der Waals surface area contributed by atoms with Gasteiger partial charge in [0, 0.05) is 42.0 Å². The standard InChI is InChI=1S/C28H30ClN3O3/c1-3-16-30-27(34)19(2)32(18-21-9-4-5-13-23(21)29)25(33)15-8-17-31-24-14-7-11-20-10-6-12-22(26(20)24)28(31)35/h4-7,9-14,19H,3,8,15-18H2,1-2H3,(H,30,34). The van der Waals surface area contributed by atoms with Gasteiger partial charge < -0.3 is 15.1 Å². The highest BCUT2D eigenvalue weighted by Crippen LogP contribution is 2.37. The summed E-state index contributed by atoms with van der Waals surface area (Å²) in [5.74, 6) is -0.375. The van der Waals surface area contributed by atoms with E-state index in [1.54, 1.807) is 22.8 Å². The molecule has 182 valence electrons. The van der Waals surface area contributed by atoms with Crippen molar-refractivity contribution in [2.75, 3.05) is 18.0 Å². The summed E-state index contributed by atoms with van der Waals surface area (Å²) in [5.41, 5.74) is 2.37. The van der Waals surface area contributed by atoms with Gasteiger partial charge in [-0.2, -0.15) is 0 Å². The molecule has 0 saturated heterocycles. The Bertz CT molecular complexity index is 1250. The fourth-order valence-corrected chi connectivity index (χ4v) is 4.72. The van der Waals surface area contributed by atoms with E-state index >= 15 is 0 Å². The molecule has 0 aromatic heterocycles. The Morgan fingerprint density at radius 1 is 1.06 bits per heavy atom. The first-order valence-corrected chi connectivity index (χ1v) is 12.4. The number of nitrogens with one attached hydrogen (secondary N) is 1. The highest BCUT2D eigenvalue weighted by Gasteiger charge is 2.30. The molecule has 1 aliphatic rings. The number of halogens is 1. The quantitative estimate of drug-likeness (QED) is 0.425. The van der Waals surface area contributed by atoms with E-state index in [2.05, 4.69) is 5.32 Å². The van der Waals surface area contributed by atoms with Crippen molar-refractivity contribution < 1.29 is 14.4 Å². The number of nitrogens with zero attached hydrogens (tertiary/aromatic N) is 2. The molecule has 1 atom stereocenters. The molecule has 0 spiro atoms. The molecule has 0 aliphatic carbocycles. The molecule has 7 heteroatoms. The summed E-state index contributed by atoms with van der Waals surface area (Å²) in [6, 6.07) is 18.3. The van der Waals surface area contributed by atoms with Gasteiger partial charge in [-0.25, -0.2) is 0 Å². The van der Waals surface area contributed by atoms with Crippen molar-refractivity contribution in [2.24, 2.45) is 0 Å². The summed E-state index contributed by atoms with van der Waals surface area (Å²) in [4.78, 5) is 42.4. The smallest absolute Gasteiger partial charge is 0.258 e. The Morgan fingerprint density at radius 2 is 1.80 bits per heavy atom. The second-order valence-electron chi connectivity index (χ2n) is 8.82. The fraction of sp³-hybridized carbons (Fsp3) is 0.321. The molecule has 3 aromatic rings. The number of hydrogen-bond acceptors (Lipinski definition) is 3. The van der Waals surface area contributed by atoms with Crippen LogP contribution in [-0.2, 0) is 16.1 Å². The highest BCUT2D eigenvalue weighted by atomic mass is 35.5. The van der Waals surface area contributed by atoms with Crippen molar-refractivity contribution in [3.05, 3.63) is 76.8 Å². The van der Waals surface area contributed by atoms with Crippen LogP contribution in [0.15, 0.2) is 60.7 Å². The number of carbonyl (C=O) groups is 3. The SMILES string of the molecule is CCCNC(=O)C(C)N(Cc1ccccc1Cl)C(=O)CCCN1C(=O)c2cccc3cccc1c23. The molecule has 35 heavy (non-hydrogen) atoms. The van der Waals surface area contributed by atoms with E-state index in [-0.39, 0.29) is 30.7 Å². The second kappa shape index (κ2) is 10.9. The first-order chi connectivity index (χ1) is 16.9. The van der Waals surface area contributed by atoms with E-state index < -0.39 is 6.04 Å². The molecule has 3 aromatic carbocycles. The Morgan fingerprint density at radius 3 is 2.54 bits per heavy atom. The largest absolute Gasteiger partial charge is 0.354 e. The van der Waals surface area contributed by atoms with Crippen LogP contribution in [0.1, 0.15) is 49.0 Å².